The van der Waals surface area contributed by atoms with Crippen molar-refractivity contribution in [2.24, 2.45) is 0 Å². The summed E-state index contributed by atoms with van der Waals surface area (Å²) in [7, 11) is 0. The number of halogens is 1. The van der Waals surface area contributed by atoms with E-state index in [1.807, 2.05) is 24.3 Å². The molecule has 0 atom stereocenters. The fraction of sp³-hybridized carbons (Fsp3) is 0. The van der Waals surface area contributed by atoms with E-state index in [-0.39, 0.29) is 31.0 Å². The predicted molar refractivity (Wildman–Crippen MR) is 39.8 cm³/mol. The number of rotatable bonds is 0. The van der Waals surface area contributed by atoms with Gasteiger partial charge in [-0.25, -0.2) is 0 Å². The molecule has 0 spiro atoms. The van der Waals surface area contributed by atoms with Crippen LogP contribution >= 0.6 is 24.2 Å². The average molecular weight is 169 g/mol. The van der Waals surface area contributed by atoms with Gasteiger partial charge in [-0.2, -0.15) is 0 Å². The summed E-state index contributed by atoms with van der Waals surface area (Å²) < 4.78 is 0. The predicted octanol–water partition coefficient (Wildman–Crippen LogP) is -0.255. The second-order valence-corrected chi connectivity index (χ2v) is 2.43. The molecular formula is C6H6ClNaS. The van der Waals surface area contributed by atoms with Crippen LogP contribution in [0.4, 0.5) is 0 Å². The van der Waals surface area contributed by atoms with Crippen molar-refractivity contribution in [3.8, 4) is 0 Å². The number of hydrogen-bond acceptors (Lipinski definition) is 1. The van der Waals surface area contributed by atoms with Gasteiger partial charge in [0.1, 0.15) is 0 Å². The maximum absolute atomic E-state index is 5.58. The van der Waals surface area contributed by atoms with Crippen LogP contribution in [-0.2, 0) is 0 Å². The fourth-order valence-electron chi connectivity index (χ4n) is 0.441. The van der Waals surface area contributed by atoms with E-state index in [4.69, 9.17) is 11.6 Å². The Morgan fingerprint density at radius 1 is 1.22 bits per heavy atom. The number of hydrogen-bond donors (Lipinski definition) is 1. The molecule has 0 saturated heterocycles. The van der Waals surface area contributed by atoms with E-state index in [2.05, 4.69) is 12.6 Å². The molecule has 3 heteroatoms. The summed E-state index contributed by atoms with van der Waals surface area (Å²) >= 11 is 9.65. The second-order valence-electron chi connectivity index (χ2n) is 1.48. The minimum atomic E-state index is 0. The molecular weight excluding hydrogens is 163 g/mol. The summed E-state index contributed by atoms with van der Waals surface area (Å²) in [5.74, 6) is 0. The SMILES string of the molecule is Sc1ccc(Cl)cc1.[H-].[Na+]. The van der Waals surface area contributed by atoms with Crippen molar-refractivity contribution in [1.82, 2.24) is 0 Å². The van der Waals surface area contributed by atoms with E-state index in [1.165, 1.54) is 0 Å². The summed E-state index contributed by atoms with van der Waals surface area (Å²) in [6.45, 7) is 0. The zero-order valence-corrected chi connectivity index (χ0v) is 8.78. The maximum Gasteiger partial charge on any atom is 1.00 e. The van der Waals surface area contributed by atoms with Crippen molar-refractivity contribution in [2.75, 3.05) is 0 Å². The van der Waals surface area contributed by atoms with Gasteiger partial charge in [-0.15, -0.1) is 12.6 Å². The minimum Gasteiger partial charge on any atom is -1.00 e. The van der Waals surface area contributed by atoms with Gasteiger partial charge in [0, 0.05) is 9.92 Å². The molecule has 0 aliphatic heterocycles. The Morgan fingerprint density at radius 3 is 2.00 bits per heavy atom. The van der Waals surface area contributed by atoms with Crippen LogP contribution in [-0.4, -0.2) is 0 Å². The molecule has 0 aliphatic carbocycles. The zero-order chi connectivity index (χ0) is 5.98. The molecule has 1 aromatic rings. The summed E-state index contributed by atoms with van der Waals surface area (Å²) in [4.78, 5) is 0.939. The summed E-state index contributed by atoms with van der Waals surface area (Å²) in [5, 5.41) is 0.753. The quantitative estimate of drug-likeness (QED) is 0.401. The van der Waals surface area contributed by atoms with Crippen LogP contribution in [0.1, 0.15) is 1.43 Å². The van der Waals surface area contributed by atoms with Crippen LogP contribution in [0.5, 0.6) is 0 Å². The molecule has 44 valence electrons. The van der Waals surface area contributed by atoms with Gasteiger partial charge in [-0.1, -0.05) is 11.6 Å². The molecule has 0 amide bonds. The Hall–Kier alpha value is 0.860. The van der Waals surface area contributed by atoms with E-state index < -0.39 is 0 Å². The van der Waals surface area contributed by atoms with Gasteiger partial charge < -0.3 is 1.43 Å². The summed E-state index contributed by atoms with van der Waals surface area (Å²) in [5.41, 5.74) is 0. The third-order valence-electron chi connectivity index (χ3n) is 0.827. The normalized spacial score (nSPS) is 8.22. The molecule has 0 radical (unpaired) electrons. The van der Waals surface area contributed by atoms with Crippen LogP contribution in [0.15, 0.2) is 29.2 Å². The molecule has 0 bridgehead atoms. The molecule has 0 saturated carbocycles. The smallest absolute Gasteiger partial charge is 1.00 e. The van der Waals surface area contributed by atoms with E-state index in [0.29, 0.717) is 0 Å². The van der Waals surface area contributed by atoms with E-state index in [1.54, 1.807) is 0 Å². The Labute approximate surface area is 88.8 Å². The molecule has 9 heavy (non-hydrogen) atoms. The monoisotopic (exact) mass is 168 g/mol. The van der Waals surface area contributed by atoms with Crippen molar-refractivity contribution in [2.45, 2.75) is 4.90 Å². The van der Waals surface area contributed by atoms with Gasteiger partial charge in [0.25, 0.3) is 0 Å². The molecule has 0 N–H and O–H groups in total. The molecule has 0 nitrogen and oxygen atoms in total. The molecule has 0 fully saturated rings. The largest absolute Gasteiger partial charge is 1.00 e. The van der Waals surface area contributed by atoms with Gasteiger partial charge >= 0.3 is 29.6 Å². The standard InChI is InChI=1S/C6H5ClS.Na.H/c7-5-1-3-6(8)4-2-5;;/h1-4,8H;;/q;+1;-1. The van der Waals surface area contributed by atoms with Gasteiger partial charge in [0.2, 0.25) is 0 Å². The first kappa shape index (κ1) is 9.86. The molecule has 1 aromatic carbocycles. The summed E-state index contributed by atoms with van der Waals surface area (Å²) in [6, 6.07) is 7.32. The van der Waals surface area contributed by atoms with Gasteiger partial charge in [-0.3, -0.25) is 0 Å². The third-order valence-corrected chi connectivity index (χ3v) is 1.38. The second kappa shape index (κ2) is 4.64. The number of thiol groups is 1. The molecule has 0 aromatic heterocycles. The maximum atomic E-state index is 5.58. The van der Waals surface area contributed by atoms with Crippen molar-refractivity contribution in [3.05, 3.63) is 29.3 Å². The van der Waals surface area contributed by atoms with Gasteiger partial charge in [0.05, 0.1) is 0 Å². The van der Waals surface area contributed by atoms with Crippen LogP contribution in [0.25, 0.3) is 0 Å². The zero-order valence-electron chi connectivity index (χ0n) is 6.13. The molecule has 0 aliphatic rings. The van der Waals surface area contributed by atoms with Crippen LogP contribution in [0.3, 0.4) is 0 Å². The Balaban J connectivity index is 0. The Morgan fingerprint density at radius 2 is 1.67 bits per heavy atom. The number of benzene rings is 1. The fourth-order valence-corrected chi connectivity index (χ4v) is 0.716. The molecule has 1 rings (SSSR count). The van der Waals surface area contributed by atoms with Crippen molar-refractivity contribution in [3.63, 3.8) is 0 Å². The first-order chi connectivity index (χ1) is 3.79. The van der Waals surface area contributed by atoms with Crippen LogP contribution in [0, 0.1) is 0 Å². The Bertz CT molecular complexity index is 157. The van der Waals surface area contributed by atoms with E-state index in [0.717, 1.165) is 9.92 Å². The van der Waals surface area contributed by atoms with Crippen molar-refractivity contribution >= 4 is 24.2 Å². The van der Waals surface area contributed by atoms with E-state index in [9.17, 15) is 0 Å². The Kier molecular flexibility index (Phi) is 5.08. The molecule has 0 heterocycles. The average Bonchev–Trinajstić information content (AvgIpc) is 1.77. The first-order valence-electron chi connectivity index (χ1n) is 2.23. The topological polar surface area (TPSA) is 0 Å². The van der Waals surface area contributed by atoms with Crippen LogP contribution < -0.4 is 29.6 Å². The van der Waals surface area contributed by atoms with Crippen molar-refractivity contribution in [1.29, 1.82) is 0 Å². The third kappa shape index (κ3) is 3.54. The van der Waals surface area contributed by atoms with Gasteiger partial charge in [0.15, 0.2) is 0 Å². The summed E-state index contributed by atoms with van der Waals surface area (Å²) in [6.07, 6.45) is 0. The van der Waals surface area contributed by atoms with Crippen molar-refractivity contribution < 1.29 is 31.0 Å². The first-order valence-corrected chi connectivity index (χ1v) is 3.06. The van der Waals surface area contributed by atoms with Gasteiger partial charge in [-0.05, 0) is 24.3 Å². The van der Waals surface area contributed by atoms with Crippen LogP contribution in [0.2, 0.25) is 5.02 Å². The molecule has 0 unspecified atom stereocenters. The minimum absolute atomic E-state index is 0. The van der Waals surface area contributed by atoms with E-state index >= 15 is 0 Å².